The molecule has 1 N–H and O–H groups in total. The molecule has 1 unspecified atom stereocenters. The van der Waals surface area contributed by atoms with E-state index in [1.54, 1.807) is 6.08 Å². The Labute approximate surface area is 169 Å². The van der Waals surface area contributed by atoms with Crippen molar-refractivity contribution in [2.75, 3.05) is 19.6 Å². The van der Waals surface area contributed by atoms with Crippen molar-refractivity contribution < 1.29 is 8.78 Å². The molecule has 1 aliphatic carbocycles. The van der Waals surface area contributed by atoms with E-state index in [4.69, 9.17) is 0 Å². The standard InChI is InChI=1S/C24H36F2N2/c1-18(15-21-10-11-22(25)16-24(21)26)17-27-13-12-23-9-6-14-28(23)19(2)20-7-4-3-5-8-20/h10-11,15-16,19-20,23,27H,3-9,12-14,17H2,1-2H3/b18-15+/t19?,23-/m0/s1. The fourth-order valence-corrected chi connectivity index (χ4v) is 5.08. The van der Waals surface area contributed by atoms with Crippen molar-refractivity contribution in [2.24, 2.45) is 5.92 Å². The molecule has 1 saturated carbocycles. The summed E-state index contributed by atoms with van der Waals surface area (Å²) in [6, 6.07) is 5.16. The summed E-state index contributed by atoms with van der Waals surface area (Å²) in [5.41, 5.74) is 1.51. The molecular formula is C24H36F2N2. The van der Waals surface area contributed by atoms with Gasteiger partial charge in [-0.3, -0.25) is 4.90 Å². The molecular weight excluding hydrogens is 354 g/mol. The molecule has 0 spiro atoms. The maximum atomic E-state index is 13.8. The van der Waals surface area contributed by atoms with Crippen molar-refractivity contribution in [2.45, 2.75) is 77.3 Å². The van der Waals surface area contributed by atoms with Crippen molar-refractivity contribution >= 4 is 6.08 Å². The van der Waals surface area contributed by atoms with Crippen LogP contribution in [0.15, 0.2) is 23.8 Å². The van der Waals surface area contributed by atoms with E-state index in [-0.39, 0.29) is 0 Å². The zero-order valence-corrected chi connectivity index (χ0v) is 17.5. The first-order valence-electron chi connectivity index (χ1n) is 11.1. The molecule has 0 aromatic heterocycles. The van der Waals surface area contributed by atoms with E-state index < -0.39 is 11.6 Å². The van der Waals surface area contributed by atoms with Gasteiger partial charge in [0.25, 0.3) is 0 Å². The van der Waals surface area contributed by atoms with E-state index in [1.807, 2.05) is 6.92 Å². The lowest BCUT2D eigenvalue weighted by atomic mass is 9.83. The third-order valence-corrected chi connectivity index (χ3v) is 6.70. The lowest BCUT2D eigenvalue weighted by molar-refractivity contribution is 0.113. The first-order valence-corrected chi connectivity index (χ1v) is 11.1. The van der Waals surface area contributed by atoms with Crippen LogP contribution < -0.4 is 5.32 Å². The van der Waals surface area contributed by atoms with Gasteiger partial charge in [-0.2, -0.15) is 0 Å². The lowest BCUT2D eigenvalue weighted by Gasteiger charge is -2.38. The average molecular weight is 391 g/mol. The summed E-state index contributed by atoms with van der Waals surface area (Å²) in [5, 5.41) is 3.51. The van der Waals surface area contributed by atoms with Gasteiger partial charge in [0, 0.05) is 30.3 Å². The molecule has 2 nitrogen and oxygen atoms in total. The van der Waals surface area contributed by atoms with Crippen molar-refractivity contribution in [3.63, 3.8) is 0 Å². The number of hydrogen-bond donors (Lipinski definition) is 1. The topological polar surface area (TPSA) is 15.3 Å². The van der Waals surface area contributed by atoms with Crippen LogP contribution in [0.25, 0.3) is 6.08 Å². The number of likely N-dealkylation sites (tertiary alicyclic amines) is 1. The van der Waals surface area contributed by atoms with Gasteiger partial charge >= 0.3 is 0 Å². The summed E-state index contributed by atoms with van der Waals surface area (Å²) in [6.07, 6.45) is 12.7. The summed E-state index contributed by atoms with van der Waals surface area (Å²) in [7, 11) is 0. The largest absolute Gasteiger partial charge is 0.313 e. The number of halogens is 2. The van der Waals surface area contributed by atoms with E-state index >= 15 is 0 Å². The van der Waals surface area contributed by atoms with Crippen LogP contribution in [0.5, 0.6) is 0 Å². The van der Waals surface area contributed by atoms with Gasteiger partial charge in [-0.1, -0.05) is 30.9 Å². The Morgan fingerprint density at radius 3 is 2.71 bits per heavy atom. The molecule has 0 bridgehead atoms. The Morgan fingerprint density at radius 1 is 1.18 bits per heavy atom. The minimum atomic E-state index is -0.533. The van der Waals surface area contributed by atoms with Gasteiger partial charge in [0.1, 0.15) is 11.6 Å². The normalized spacial score (nSPS) is 23.3. The van der Waals surface area contributed by atoms with Crippen LogP contribution in [0.3, 0.4) is 0 Å². The minimum Gasteiger partial charge on any atom is -0.313 e. The minimum absolute atomic E-state index is 0.448. The third kappa shape index (κ3) is 5.87. The third-order valence-electron chi connectivity index (χ3n) is 6.70. The molecule has 1 heterocycles. The van der Waals surface area contributed by atoms with Gasteiger partial charge < -0.3 is 5.32 Å². The lowest BCUT2D eigenvalue weighted by Crippen LogP contribution is -2.43. The molecule has 156 valence electrons. The number of benzene rings is 1. The van der Waals surface area contributed by atoms with Crippen LogP contribution in [0, 0.1) is 17.6 Å². The van der Waals surface area contributed by atoms with Crippen LogP contribution in [0.2, 0.25) is 0 Å². The quantitative estimate of drug-likeness (QED) is 0.566. The molecule has 2 atom stereocenters. The maximum absolute atomic E-state index is 13.8. The second-order valence-corrected chi connectivity index (χ2v) is 8.79. The van der Waals surface area contributed by atoms with E-state index in [0.29, 0.717) is 11.6 Å². The highest BCUT2D eigenvalue weighted by atomic mass is 19.1. The van der Waals surface area contributed by atoms with Gasteiger partial charge in [0.2, 0.25) is 0 Å². The molecule has 4 heteroatoms. The van der Waals surface area contributed by atoms with Gasteiger partial charge in [0.05, 0.1) is 0 Å². The van der Waals surface area contributed by atoms with E-state index in [9.17, 15) is 8.78 Å². The molecule has 1 saturated heterocycles. The highest BCUT2D eigenvalue weighted by molar-refractivity contribution is 5.53. The Balaban J connectivity index is 1.43. The predicted molar refractivity (Wildman–Crippen MR) is 113 cm³/mol. The van der Waals surface area contributed by atoms with Crippen LogP contribution in [-0.4, -0.2) is 36.6 Å². The predicted octanol–water partition coefficient (Wildman–Crippen LogP) is 5.78. The highest BCUT2D eigenvalue weighted by Gasteiger charge is 2.32. The van der Waals surface area contributed by atoms with Gasteiger partial charge in [0.15, 0.2) is 0 Å². The monoisotopic (exact) mass is 390 g/mol. The van der Waals surface area contributed by atoms with Crippen molar-refractivity contribution in [3.8, 4) is 0 Å². The van der Waals surface area contributed by atoms with Crippen molar-refractivity contribution in [1.82, 2.24) is 10.2 Å². The van der Waals surface area contributed by atoms with Crippen LogP contribution in [0.4, 0.5) is 8.78 Å². The first kappa shape index (κ1) is 21.4. The molecule has 2 aliphatic rings. The molecule has 2 fully saturated rings. The van der Waals surface area contributed by atoms with Crippen molar-refractivity contribution in [1.29, 1.82) is 0 Å². The molecule has 3 rings (SSSR count). The Morgan fingerprint density at radius 2 is 1.96 bits per heavy atom. The van der Waals surface area contributed by atoms with E-state index in [1.165, 1.54) is 70.0 Å². The van der Waals surface area contributed by atoms with Gasteiger partial charge in [-0.05, 0) is 77.1 Å². The molecule has 1 aromatic rings. The average Bonchev–Trinajstić information content (AvgIpc) is 3.16. The van der Waals surface area contributed by atoms with Crippen LogP contribution >= 0.6 is 0 Å². The fourth-order valence-electron chi connectivity index (χ4n) is 5.08. The summed E-state index contributed by atoms with van der Waals surface area (Å²) < 4.78 is 26.8. The summed E-state index contributed by atoms with van der Waals surface area (Å²) >= 11 is 0. The van der Waals surface area contributed by atoms with Crippen molar-refractivity contribution in [3.05, 3.63) is 41.0 Å². The van der Waals surface area contributed by atoms with Gasteiger partial charge in [-0.25, -0.2) is 8.78 Å². The number of hydrogen-bond acceptors (Lipinski definition) is 2. The highest BCUT2D eigenvalue weighted by Crippen LogP contribution is 2.33. The second-order valence-electron chi connectivity index (χ2n) is 8.79. The smallest absolute Gasteiger partial charge is 0.133 e. The Kier molecular flexibility index (Phi) is 8.04. The molecule has 0 radical (unpaired) electrons. The molecule has 0 amide bonds. The first-order chi connectivity index (χ1) is 13.5. The number of nitrogens with one attached hydrogen (secondary N) is 1. The molecule has 28 heavy (non-hydrogen) atoms. The van der Waals surface area contributed by atoms with E-state index in [0.717, 1.165) is 36.7 Å². The Bertz CT molecular complexity index is 652. The fraction of sp³-hybridized carbons (Fsp3) is 0.667. The molecule has 1 aliphatic heterocycles. The zero-order chi connectivity index (χ0) is 19.9. The number of nitrogens with zero attached hydrogens (tertiary/aromatic N) is 1. The summed E-state index contributed by atoms with van der Waals surface area (Å²) in [5.74, 6) is -0.148. The van der Waals surface area contributed by atoms with Crippen LogP contribution in [0.1, 0.15) is 70.8 Å². The van der Waals surface area contributed by atoms with E-state index in [2.05, 4.69) is 17.1 Å². The summed E-state index contributed by atoms with van der Waals surface area (Å²) in [6.45, 7) is 7.41. The van der Waals surface area contributed by atoms with Crippen LogP contribution in [-0.2, 0) is 0 Å². The second kappa shape index (κ2) is 10.5. The Hall–Kier alpha value is -1.26. The molecule has 1 aromatic carbocycles. The van der Waals surface area contributed by atoms with Gasteiger partial charge in [-0.15, -0.1) is 0 Å². The zero-order valence-electron chi connectivity index (χ0n) is 17.5. The maximum Gasteiger partial charge on any atom is 0.133 e. The number of rotatable bonds is 8. The summed E-state index contributed by atoms with van der Waals surface area (Å²) in [4.78, 5) is 2.77. The SMILES string of the molecule is C/C(=C\c1ccc(F)cc1F)CNCC[C@@H]1CCCN1C(C)C1CCCCC1.